The Morgan fingerprint density at radius 1 is 0.417 bits per heavy atom. The largest absolute Gasteiger partial charge is 0.292 e. The number of benzene rings is 7. The van der Waals surface area contributed by atoms with Gasteiger partial charge in [-0.3, -0.25) is 4.57 Å². The van der Waals surface area contributed by atoms with Crippen LogP contribution >= 0.6 is 0 Å². The fourth-order valence-electron chi connectivity index (χ4n) is 8.81. The molecular formula is C45H27N3. The monoisotopic (exact) mass is 609 g/mol. The summed E-state index contributed by atoms with van der Waals surface area (Å²) < 4.78 is 2.34. The molecule has 9 aromatic rings. The highest BCUT2D eigenvalue weighted by molar-refractivity contribution is 6.19. The van der Waals surface area contributed by atoms with Crippen LogP contribution in [0.1, 0.15) is 22.3 Å². The van der Waals surface area contributed by atoms with Crippen LogP contribution in [0.2, 0.25) is 0 Å². The minimum absolute atomic E-state index is 0.394. The zero-order valence-corrected chi connectivity index (χ0v) is 25.9. The number of hydrogen-bond acceptors (Lipinski definition) is 2. The second kappa shape index (κ2) is 9.37. The number of aromatic nitrogens is 3. The summed E-state index contributed by atoms with van der Waals surface area (Å²) in [5, 5.41) is 2.47. The number of nitrogens with zero attached hydrogens (tertiary/aromatic N) is 3. The molecule has 2 heterocycles. The van der Waals surface area contributed by atoms with Crippen molar-refractivity contribution in [3.63, 3.8) is 0 Å². The Bertz CT molecular complexity index is 2740. The fourth-order valence-corrected chi connectivity index (χ4v) is 8.81. The van der Waals surface area contributed by atoms with Gasteiger partial charge in [-0.15, -0.1) is 0 Å². The summed E-state index contributed by atoms with van der Waals surface area (Å²) in [5.41, 5.74) is 16.1. The molecule has 3 heteroatoms. The molecule has 0 amide bonds. The molecular weight excluding hydrogens is 583 g/mol. The molecule has 48 heavy (non-hydrogen) atoms. The van der Waals surface area contributed by atoms with Crippen LogP contribution < -0.4 is 0 Å². The summed E-state index contributed by atoms with van der Waals surface area (Å²) in [6, 6.07) is 59.2. The third kappa shape index (κ3) is 3.13. The molecule has 0 unspecified atom stereocenters. The Labute approximate surface area is 277 Å². The lowest BCUT2D eigenvalue weighted by Gasteiger charge is -2.30. The molecule has 0 radical (unpaired) electrons. The summed E-state index contributed by atoms with van der Waals surface area (Å²) in [7, 11) is 0. The van der Waals surface area contributed by atoms with Crippen molar-refractivity contribution in [2.24, 2.45) is 0 Å². The van der Waals surface area contributed by atoms with Crippen LogP contribution in [-0.2, 0) is 5.41 Å². The Balaban J connectivity index is 1.31. The molecule has 0 aliphatic heterocycles. The molecule has 0 saturated heterocycles. The average Bonchev–Trinajstić information content (AvgIpc) is 3.76. The van der Waals surface area contributed by atoms with Crippen LogP contribution in [0.3, 0.4) is 0 Å². The van der Waals surface area contributed by atoms with Gasteiger partial charge >= 0.3 is 0 Å². The van der Waals surface area contributed by atoms with Crippen LogP contribution in [0, 0.1) is 0 Å². The van der Waals surface area contributed by atoms with E-state index in [4.69, 9.17) is 9.97 Å². The van der Waals surface area contributed by atoms with Gasteiger partial charge in [-0.25, -0.2) is 9.97 Å². The smallest absolute Gasteiger partial charge is 0.165 e. The first-order valence-corrected chi connectivity index (χ1v) is 16.5. The fraction of sp³-hybridized carbons (Fsp3) is 0.0222. The lowest BCUT2D eigenvalue weighted by atomic mass is 9.70. The Morgan fingerprint density at radius 3 is 1.71 bits per heavy atom. The van der Waals surface area contributed by atoms with E-state index in [9.17, 15) is 0 Å². The van der Waals surface area contributed by atoms with Gasteiger partial charge in [0, 0.05) is 16.3 Å². The average molecular weight is 610 g/mol. The van der Waals surface area contributed by atoms with Crippen LogP contribution in [0.25, 0.3) is 72.2 Å². The second-order valence-corrected chi connectivity index (χ2v) is 12.9. The van der Waals surface area contributed by atoms with E-state index in [1.54, 1.807) is 0 Å². The normalized spacial score (nSPS) is 13.6. The van der Waals surface area contributed by atoms with E-state index >= 15 is 0 Å². The van der Waals surface area contributed by atoms with Gasteiger partial charge < -0.3 is 0 Å². The summed E-state index contributed by atoms with van der Waals surface area (Å²) in [4.78, 5) is 10.6. The minimum atomic E-state index is -0.394. The maximum absolute atomic E-state index is 5.36. The maximum Gasteiger partial charge on any atom is 0.165 e. The maximum atomic E-state index is 5.36. The van der Waals surface area contributed by atoms with E-state index in [0.717, 1.165) is 39.1 Å². The molecule has 222 valence electrons. The number of rotatable bonds is 2. The molecule has 0 N–H and O–H groups in total. The van der Waals surface area contributed by atoms with Gasteiger partial charge in [-0.05, 0) is 68.8 Å². The highest BCUT2D eigenvalue weighted by Crippen LogP contribution is 2.64. The molecule has 0 bridgehead atoms. The van der Waals surface area contributed by atoms with Crippen LogP contribution in [0.4, 0.5) is 0 Å². The molecule has 7 aromatic carbocycles. The highest BCUT2D eigenvalue weighted by Gasteiger charge is 2.52. The standard InChI is InChI=1S/C45H27N3/c1-2-14-28(15-3-1)43-44(47-38-24-12-11-23-37(38)46-43)48-39-25-13-7-19-32(39)42-40(48)27-26-36-41(42)31-18-6-10-22-35(31)45(36)33-20-8-4-16-29(33)30-17-5-9-21-34(30)45/h1-27H. The van der Waals surface area contributed by atoms with Crippen molar-refractivity contribution in [2.75, 3.05) is 0 Å². The van der Waals surface area contributed by atoms with Crippen molar-refractivity contribution in [2.45, 2.75) is 5.41 Å². The zero-order chi connectivity index (χ0) is 31.4. The summed E-state index contributed by atoms with van der Waals surface area (Å²) in [5.74, 6) is 0.837. The molecule has 3 nitrogen and oxygen atoms in total. The predicted octanol–water partition coefficient (Wildman–Crippen LogP) is 10.7. The first kappa shape index (κ1) is 25.8. The van der Waals surface area contributed by atoms with Crippen LogP contribution in [0.5, 0.6) is 0 Å². The van der Waals surface area contributed by atoms with Gasteiger partial charge in [-0.1, -0.05) is 140 Å². The van der Waals surface area contributed by atoms with E-state index in [0.29, 0.717) is 0 Å². The SMILES string of the molecule is c1ccc(-c2nc3ccccc3nc2-n2c3ccccc3c3c4c(ccc32)C2(c3ccccc3-c3ccccc32)c2ccccc2-4)cc1. The summed E-state index contributed by atoms with van der Waals surface area (Å²) >= 11 is 0. The van der Waals surface area contributed by atoms with Gasteiger partial charge in [0.2, 0.25) is 0 Å². The van der Waals surface area contributed by atoms with Gasteiger partial charge in [-0.2, -0.15) is 0 Å². The van der Waals surface area contributed by atoms with Gasteiger partial charge in [0.25, 0.3) is 0 Å². The first-order valence-electron chi connectivity index (χ1n) is 16.5. The van der Waals surface area contributed by atoms with Crippen LogP contribution in [0.15, 0.2) is 164 Å². The van der Waals surface area contributed by atoms with Crippen molar-refractivity contribution in [3.05, 3.63) is 186 Å². The molecule has 0 atom stereocenters. The lowest BCUT2D eigenvalue weighted by molar-refractivity contribution is 0.794. The molecule has 2 aliphatic rings. The van der Waals surface area contributed by atoms with E-state index in [2.05, 4.69) is 144 Å². The topological polar surface area (TPSA) is 30.7 Å². The van der Waals surface area contributed by atoms with Crippen molar-refractivity contribution >= 4 is 32.8 Å². The zero-order valence-electron chi connectivity index (χ0n) is 25.9. The quantitative estimate of drug-likeness (QED) is 0.195. The van der Waals surface area contributed by atoms with E-state index < -0.39 is 5.41 Å². The summed E-state index contributed by atoms with van der Waals surface area (Å²) in [6.07, 6.45) is 0. The third-order valence-corrected chi connectivity index (χ3v) is 10.6. The van der Waals surface area contributed by atoms with Crippen LogP contribution in [-0.4, -0.2) is 14.5 Å². The van der Waals surface area contributed by atoms with E-state index in [1.165, 1.54) is 55.3 Å². The van der Waals surface area contributed by atoms with Gasteiger partial charge in [0.1, 0.15) is 5.69 Å². The number of para-hydroxylation sites is 3. The van der Waals surface area contributed by atoms with E-state index in [-0.39, 0.29) is 0 Å². The molecule has 0 fully saturated rings. The molecule has 2 aromatic heterocycles. The highest BCUT2D eigenvalue weighted by atomic mass is 15.1. The molecule has 11 rings (SSSR count). The van der Waals surface area contributed by atoms with Crippen molar-refractivity contribution in [3.8, 4) is 39.3 Å². The predicted molar refractivity (Wildman–Crippen MR) is 196 cm³/mol. The van der Waals surface area contributed by atoms with Crippen molar-refractivity contribution in [1.29, 1.82) is 0 Å². The Hall–Kier alpha value is -6.32. The number of hydrogen-bond donors (Lipinski definition) is 0. The second-order valence-electron chi connectivity index (χ2n) is 12.9. The number of fused-ring (bicyclic) bond motifs is 15. The third-order valence-electron chi connectivity index (χ3n) is 10.6. The van der Waals surface area contributed by atoms with Crippen molar-refractivity contribution in [1.82, 2.24) is 14.5 Å². The molecule has 2 aliphatic carbocycles. The minimum Gasteiger partial charge on any atom is -0.292 e. The molecule has 1 spiro atoms. The van der Waals surface area contributed by atoms with Gasteiger partial charge in [0.15, 0.2) is 5.82 Å². The Kier molecular flexibility index (Phi) is 5.04. The van der Waals surface area contributed by atoms with E-state index in [1.807, 2.05) is 24.3 Å². The summed E-state index contributed by atoms with van der Waals surface area (Å²) in [6.45, 7) is 0. The first-order chi connectivity index (χ1) is 23.8. The van der Waals surface area contributed by atoms with Crippen molar-refractivity contribution < 1.29 is 0 Å². The Morgan fingerprint density at radius 2 is 0.979 bits per heavy atom. The molecule has 0 saturated carbocycles. The lowest BCUT2D eigenvalue weighted by Crippen LogP contribution is -2.25. The van der Waals surface area contributed by atoms with Gasteiger partial charge in [0.05, 0.1) is 27.5 Å².